The van der Waals surface area contributed by atoms with Crippen molar-refractivity contribution < 1.29 is 0 Å². The Morgan fingerprint density at radius 1 is 1.00 bits per heavy atom. The minimum atomic E-state index is 0.622. The van der Waals surface area contributed by atoms with Crippen molar-refractivity contribution in [3.63, 3.8) is 0 Å². The van der Waals surface area contributed by atoms with Gasteiger partial charge in [0.05, 0.1) is 0 Å². The highest BCUT2D eigenvalue weighted by Gasteiger charge is 2.16. The molecule has 1 fully saturated rings. The number of hydrogen-bond acceptors (Lipinski definition) is 5. The molecule has 21 heavy (non-hydrogen) atoms. The lowest BCUT2D eigenvalue weighted by atomic mass is 10.1. The maximum absolute atomic E-state index is 4.57. The van der Waals surface area contributed by atoms with E-state index in [1.54, 1.807) is 0 Å². The van der Waals surface area contributed by atoms with Crippen molar-refractivity contribution in [1.29, 1.82) is 0 Å². The van der Waals surface area contributed by atoms with Gasteiger partial charge in [0.15, 0.2) is 0 Å². The van der Waals surface area contributed by atoms with Crippen LogP contribution < -0.4 is 10.2 Å². The maximum atomic E-state index is 4.57. The fourth-order valence-electron chi connectivity index (χ4n) is 2.66. The molecule has 0 radical (unpaired) electrons. The van der Waals surface area contributed by atoms with Crippen LogP contribution in [0.3, 0.4) is 0 Å². The zero-order valence-corrected chi connectivity index (χ0v) is 12.8. The average molecular weight is 283 g/mol. The van der Waals surface area contributed by atoms with Crippen molar-refractivity contribution in [2.75, 3.05) is 23.3 Å². The normalized spacial score (nSPS) is 14.5. The van der Waals surface area contributed by atoms with E-state index < -0.39 is 0 Å². The Morgan fingerprint density at radius 2 is 1.76 bits per heavy atom. The summed E-state index contributed by atoms with van der Waals surface area (Å²) < 4.78 is 0. The predicted octanol–water partition coefficient (Wildman–Crippen LogP) is 3.14. The molecule has 0 atom stereocenters. The van der Waals surface area contributed by atoms with Gasteiger partial charge in [-0.05, 0) is 45.2 Å². The van der Waals surface area contributed by atoms with Crippen molar-refractivity contribution in [1.82, 2.24) is 15.0 Å². The molecule has 2 heterocycles. The van der Waals surface area contributed by atoms with Gasteiger partial charge in [0, 0.05) is 18.8 Å². The topological polar surface area (TPSA) is 53.9 Å². The van der Waals surface area contributed by atoms with Crippen LogP contribution in [-0.2, 0) is 0 Å². The van der Waals surface area contributed by atoms with Crippen molar-refractivity contribution in [2.45, 2.75) is 33.6 Å². The van der Waals surface area contributed by atoms with Crippen LogP contribution in [0.2, 0.25) is 0 Å². The minimum absolute atomic E-state index is 0.622. The average Bonchev–Trinajstić information content (AvgIpc) is 2.95. The summed E-state index contributed by atoms with van der Waals surface area (Å²) in [6, 6.07) is 6.31. The molecule has 5 heteroatoms. The number of nitrogens with one attached hydrogen (secondary N) is 1. The maximum Gasteiger partial charge on any atom is 0.232 e. The van der Waals surface area contributed by atoms with Gasteiger partial charge in [-0.25, -0.2) is 0 Å². The summed E-state index contributed by atoms with van der Waals surface area (Å²) in [5.41, 5.74) is 3.48. The molecule has 1 aliphatic rings. The van der Waals surface area contributed by atoms with Crippen molar-refractivity contribution in [2.24, 2.45) is 0 Å². The molecule has 0 aliphatic carbocycles. The molecule has 1 N–H and O–H groups in total. The van der Waals surface area contributed by atoms with Gasteiger partial charge in [-0.2, -0.15) is 15.0 Å². The summed E-state index contributed by atoms with van der Waals surface area (Å²) in [5.74, 6) is 2.16. The summed E-state index contributed by atoms with van der Waals surface area (Å²) in [7, 11) is 0. The van der Waals surface area contributed by atoms with Crippen molar-refractivity contribution in [3.8, 4) is 0 Å². The molecule has 1 aromatic carbocycles. The van der Waals surface area contributed by atoms with E-state index in [1.807, 2.05) is 6.92 Å². The smallest absolute Gasteiger partial charge is 0.232 e. The second kappa shape index (κ2) is 5.68. The molecule has 0 bridgehead atoms. The van der Waals surface area contributed by atoms with E-state index in [9.17, 15) is 0 Å². The van der Waals surface area contributed by atoms with Crippen LogP contribution in [0.1, 0.15) is 29.8 Å². The van der Waals surface area contributed by atoms with E-state index in [4.69, 9.17) is 0 Å². The van der Waals surface area contributed by atoms with Crippen LogP contribution in [0.25, 0.3) is 0 Å². The van der Waals surface area contributed by atoms with E-state index in [0.717, 1.165) is 30.5 Å². The molecule has 110 valence electrons. The largest absolute Gasteiger partial charge is 0.341 e. The number of hydrogen-bond donors (Lipinski definition) is 1. The SMILES string of the molecule is Cc1ccc(Nc2nc(C)nc(N3CCCC3)n2)c(C)c1. The number of rotatable bonds is 3. The summed E-state index contributed by atoms with van der Waals surface area (Å²) in [4.78, 5) is 15.7. The van der Waals surface area contributed by atoms with Crippen molar-refractivity contribution in [3.05, 3.63) is 35.2 Å². The number of anilines is 3. The van der Waals surface area contributed by atoms with Crippen molar-refractivity contribution >= 4 is 17.6 Å². The van der Waals surface area contributed by atoms with Gasteiger partial charge in [-0.3, -0.25) is 0 Å². The van der Waals surface area contributed by atoms with Gasteiger partial charge in [-0.15, -0.1) is 0 Å². The molecule has 0 spiro atoms. The first-order valence-electron chi connectivity index (χ1n) is 7.44. The Hall–Kier alpha value is -2.17. The van der Waals surface area contributed by atoms with Gasteiger partial charge in [0.25, 0.3) is 0 Å². The summed E-state index contributed by atoms with van der Waals surface area (Å²) >= 11 is 0. The highest BCUT2D eigenvalue weighted by molar-refractivity contribution is 5.59. The molecule has 2 aromatic rings. The molecule has 3 rings (SSSR count). The Bertz CT molecular complexity index is 647. The molecule has 1 aromatic heterocycles. The van der Waals surface area contributed by atoms with Crippen LogP contribution in [0.5, 0.6) is 0 Å². The van der Waals surface area contributed by atoms with Crippen LogP contribution in [0.4, 0.5) is 17.6 Å². The Balaban J connectivity index is 1.87. The lowest BCUT2D eigenvalue weighted by Crippen LogP contribution is -2.21. The van der Waals surface area contributed by atoms with E-state index in [0.29, 0.717) is 5.95 Å². The predicted molar refractivity (Wildman–Crippen MR) is 85.2 cm³/mol. The van der Waals surface area contributed by atoms with Crippen LogP contribution >= 0.6 is 0 Å². The highest BCUT2D eigenvalue weighted by Crippen LogP contribution is 2.22. The third-order valence-corrected chi connectivity index (χ3v) is 3.75. The lowest BCUT2D eigenvalue weighted by Gasteiger charge is -2.16. The van der Waals surface area contributed by atoms with Gasteiger partial charge < -0.3 is 10.2 Å². The number of benzene rings is 1. The third-order valence-electron chi connectivity index (χ3n) is 3.75. The molecular weight excluding hydrogens is 262 g/mol. The number of aryl methyl sites for hydroxylation is 3. The Kier molecular flexibility index (Phi) is 3.73. The fraction of sp³-hybridized carbons (Fsp3) is 0.438. The molecule has 0 amide bonds. The summed E-state index contributed by atoms with van der Waals surface area (Å²) in [5, 5.41) is 3.32. The van der Waals surface area contributed by atoms with E-state index in [2.05, 4.69) is 57.2 Å². The first-order chi connectivity index (χ1) is 10.1. The summed E-state index contributed by atoms with van der Waals surface area (Å²) in [6.45, 7) is 8.16. The molecule has 1 saturated heterocycles. The summed E-state index contributed by atoms with van der Waals surface area (Å²) in [6.07, 6.45) is 2.43. The number of nitrogens with zero attached hydrogens (tertiary/aromatic N) is 4. The van der Waals surface area contributed by atoms with Gasteiger partial charge in [0.1, 0.15) is 5.82 Å². The Labute approximate surface area is 125 Å². The highest BCUT2D eigenvalue weighted by atomic mass is 15.3. The zero-order chi connectivity index (χ0) is 14.8. The Morgan fingerprint density at radius 3 is 2.48 bits per heavy atom. The van der Waals surface area contributed by atoms with Crippen LogP contribution in [0, 0.1) is 20.8 Å². The monoisotopic (exact) mass is 283 g/mol. The van der Waals surface area contributed by atoms with E-state index >= 15 is 0 Å². The molecule has 1 aliphatic heterocycles. The second-order valence-corrected chi connectivity index (χ2v) is 5.64. The standard InChI is InChI=1S/C16H21N5/c1-11-6-7-14(12(2)10-11)19-15-17-13(3)18-16(20-15)21-8-4-5-9-21/h6-7,10H,4-5,8-9H2,1-3H3,(H,17,18,19,20). The van der Waals surface area contributed by atoms with Crippen LogP contribution in [0.15, 0.2) is 18.2 Å². The lowest BCUT2D eigenvalue weighted by molar-refractivity contribution is 0.864. The first kappa shape index (κ1) is 13.8. The molecule has 0 saturated carbocycles. The molecule has 5 nitrogen and oxygen atoms in total. The molecular formula is C16H21N5. The quantitative estimate of drug-likeness (QED) is 0.938. The van der Waals surface area contributed by atoms with E-state index in [1.165, 1.54) is 24.0 Å². The van der Waals surface area contributed by atoms with Gasteiger partial charge >= 0.3 is 0 Å². The first-order valence-corrected chi connectivity index (χ1v) is 7.44. The van der Waals surface area contributed by atoms with E-state index in [-0.39, 0.29) is 0 Å². The zero-order valence-electron chi connectivity index (χ0n) is 12.8. The minimum Gasteiger partial charge on any atom is -0.341 e. The fourth-order valence-corrected chi connectivity index (χ4v) is 2.66. The third kappa shape index (κ3) is 3.12. The second-order valence-electron chi connectivity index (χ2n) is 5.64. The number of aromatic nitrogens is 3. The van der Waals surface area contributed by atoms with Gasteiger partial charge in [0.2, 0.25) is 11.9 Å². The molecule has 0 unspecified atom stereocenters. The van der Waals surface area contributed by atoms with Crippen LogP contribution in [-0.4, -0.2) is 28.0 Å². The van der Waals surface area contributed by atoms with Gasteiger partial charge in [-0.1, -0.05) is 17.7 Å².